The van der Waals surface area contributed by atoms with Gasteiger partial charge in [0.05, 0.1) is 6.85 Å². The van der Waals surface area contributed by atoms with Crippen molar-refractivity contribution in [3.63, 3.8) is 0 Å². The lowest BCUT2D eigenvalue weighted by Gasteiger charge is -2.18. The Morgan fingerprint density at radius 2 is 1.00 bits per heavy atom. The Bertz CT molecular complexity index is 3050. The highest BCUT2D eigenvalue weighted by Gasteiger charge is 2.20. The minimum Gasteiger partial charge on any atom is -0.456 e. The van der Waals surface area contributed by atoms with Gasteiger partial charge < -0.3 is 4.42 Å². The molecule has 1 aromatic heterocycles. The highest BCUT2D eigenvalue weighted by molar-refractivity contribution is 6.26. The monoisotopic (exact) mass is 601 g/mol. The maximum atomic E-state index is 8.92. The first kappa shape index (κ1) is 21.5. The molecule has 0 N–H and O–H groups in total. The molecule has 10 aromatic rings. The first-order chi connectivity index (χ1) is 25.4. The summed E-state index contributed by atoms with van der Waals surface area (Å²) >= 11 is 0. The Balaban J connectivity index is 1.30. The molecular formula is C46H28O. The van der Waals surface area contributed by atoms with Crippen LogP contribution in [0.25, 0.3) is 98.4 Å². The predicted molar refractivity (Wildman–Crippen MR) is 200 cm³/mol. The van der Waals surface area contributed by atoms with Gasteiger partial charge in [0.15, 0.2) is 0 Å². The first-order valence-electron chi connectivity index (χ1n) is 18.3. The van der Waals surface area contributed by atoms with Gasteiger partial charge in [0.25, 0.3) is 0 Å². The van der Waals surface area contributed by atoms with E-state index in [9.17, 15) is 0 Å². The van der Waals surface area contributed by atoms with Gasteiger partial charge in [0, 0.05) is 10.8 Å². The van der Waals surface area contributed by atoms with E-state index in [-0.39, 0.29) is 29.7 Å². The molecule has 10 rings (SSSR count). The fourth-order valence-corrected chi connectivity index (χ4v) is 7.56. The van der Waals surface area contributed by atoms with Crippen molar-refractivity contribution >= 4 is 65.0 Å². The summed E-state index contributed by atoms with van der Waals surface area (Å²) in [6.45, 7) is 0. The van der Waals surface area contributed by atoms with Crippen LogP contribution in [0, 0.1) is 0 Å². The number of hydrogen-bond acceptors (Lipinski definition) is 1. The molecule has 1 heteroatoms. The van der Waals surface area contributed by atoms with Gasteiger partial charge in [-0.3, -0.25) is 0 Å². The van der Waals surface area contributed by atoms with E-state index in [4.69, 9.17) is 11.3 Å². The minimum atomic E-state index is -0.404. The zero-order valence-electron chi connectivity index (χ0n) is 30.2. The number of rotatable bonds is 3. The summed E-state index contributed by atoms with van der Waals surface area (Å²) in [5, 5.41) is 10.3. The molecule has 0 bridgehead atoms. The first-order valence-corrected chi connectivity index (χ1v) is 15.8. The van der Waals surface area contributed by atoms with Crippen molar-refractivity contribution in [1.82, 2.24) is 0 Å². The van der Waals surface area contributed by atoms with Crippen molar-refractivity contribution in [3.8, 4) is 33.4 Å². The zero-order chi connectivity index (χ0) is 35.2. The van der Waals surface area contributed by atoms with E-state index >= 15 is 0 Å². The SMILES string of the molecule is [2H]c1c([2H])c([2H])c(-c2c3ccccc3c(-c3cccc4oc5ccc(-c6cc7ccccc7c7ccccc67)cc5c34)c3ccccc23)c([2H])c1[2H]. The van der Waals surface area contributed by atoms with E-state index in [0.29, 0.717) is 5.56 Å². The number of fused-ring (bicyclic) bond motifs is 8. The van der Waals surface area contributed by atoms with Gasteiger partial charge in [0.2, 0.25) is 0 Å². The smallest absolute Gasteiger partial charge is 0.136 e. The fourth-order valence-electron chi connectivity index (χ4n) is 7.56. The molecule has 0 saturated heterocycles. The largest absolute Gasteiger partial charge is 0.456 e. The summed E-state index contributed by atoms with van der Waals surface area (Å²) in [6.07, 6.45) is 0. The molecule has 0 fully saturated rings. The third-order valence-corrected chi connectivity index (χ3v) is 9.52. The molecule has 0 aliphatic heterocycles. The maximum absolute atomic E-state index is 8.92. The van der Waals surface area contributed by atoms with Gasteiger partial charge in [-0.25, -0.2) is 0 Å². The van der Waals surface area contributed by atoms with Gasteiger partial charge in [-0.1, -0.05) is 145 Å². The molecule has 1 heterocycles. The number of furan rings is 1. The zero-order valence-corrected chi connectivity index (χ0v) is 25.2. The van der Waals surface area contributed by atoms with Crippen molar-refractivity contribution in [2.75, 3.05) is 0 Å². The lowest BCUT2D eigenvalue weighted by molar-refractivity contribution is 0.669. The van der Waals surface area contributed by atoms with Gasteiger partial charge in [0.1, 0.15) is 11.2 Å². The van der Waals surface area contributed by atoms with Crippen LogP contribution in [0.5, 0.6) is 0 Å². The molecule has 0 amide bonds. The average Bonchev–Trinajstić information content (AvgIpc) is 3.57. The quantitative estimate of drug-likeness (QED) is 0.145. The van der Waals surface area contributed by atoms with Gasteiger partial charge in [-0.05, 0) is 101 Å². The molecule has 0 aliphatic carbocycles. The molecule has 0 atom stereocenters. The average molecular weight is 602 g/mol. The lowest BCUT2D eigenvalue weighted by atomic mass is 9.85. The standard InChI is InChI=1S/C46H28O/c1-2-13-29(14-3-1)44-35-19-8-10-21-37(35)45(38-22-11-9-20-36(38)44)39-23-12-24-43-46(39)41-28-31(25-26-42(41)47-43)40-27-30-15-4-5-16-32(30)33-17-6-7-18-34(33)40/h1-28H/i1D,2D,3D,13D,14D. The molecule has 0 radical (unpaired) electrons. The van der Waals surface area contributed by atoms with Crippen LogP contribution in [0.15, 0.2) is 174 Å². The second-order valence-corrected chi connectivity index (χ2v) is 12.0. The second kappa shape index (κ2) is 10.2. The molecule has 0 unspecified atom stereocenters. The van der Waals surface area contributed by atoms with E-state index in [2.05, 4.69) is 91.0 Å². The number of hydrogen-bond donors (Lipinski definition) is 0. The molecule has 1 nitrogen and oxygen atoms in total. The lowest BCUT2D eigenvalue weighted by Crippen LogP contribution is -1.91. The van der Waals surface area contributed by atoms with Crippen LogP contribution in [-0.4, -0.2) is 0 Å². The topological polar surface area (TPSA) is 13.1 Å². The van der Waals surface area contributed by atoms with Crippen LogP contribution in [0.3, 0.4) is 0 Å². The van der Waals surface area contributed by atoms with Crippen molar-refractivity contribution in [3.05, 3.63) is 170 Å². The Morgan fingerprint density at radius 3 is 1.72 bits per heavy atom. The summed E-state index contributed by atoms with van der Waals surface area (Å²) < 4.78 is 49.6. The second-order valence-electron chi connectivity index (χ2n) is 12.0. The summed E-state index contributed by atoms with van der Waals surface area (Å²) in [5.74, 6) is 0. The molecule has 0 spiro atoms. The van der Waals surface area contributed by atoms with Crippen LogP contribution in [0.4, 0.5) is 0 Å². The van der Waals surface area contributed by atoms with Gasteiger partial charge in [-0.15, -0.1) is 0 Å². The van der Waals surface area contributed by atoms with Gasteiger partial charge in [-0.2, -0.15) is 0 Å². The molecule has 0 aliphatic rings. The van der Waals surface area contributed by atoms with Crippen molar-refractivity contribution in [2.45, 2.75) is 0 Å². The van der Waals surface area contributed by atoms with Crippen molar-refractivity contribution in [2.24, 2.45) is 0 Å². The van der Waals surface area contributed by atoms with E-state index in [1.54, 1.807) is 0 Å². The van der Waals surface area contributed by atoms with E-state index < -0.39 is 6.04 Å². The summed E-state index contributed by atoms with van der Waals surface area (Å²) in [7, 11) is 0. The maximum Gasteiger partial charge on any atom is 0.136 e. The van der Waals surface area contributed by atoms with Crippen molar-refractivity contribution < 1.29 is 11.3 Å². The third-order valence-electron chi connectivity index (χ3n) is 9.52. The van der Waals surface area contributed by atoms with Gasteiger partial charge >= 0.3 is 0 Å². The van der Waals surface area contributed by atoms with Crippen LogP contribution < -0.4 is 0 Å². The molecule has 218 valence electrons. The molecule has 0 saturated carbocycles. The minimum absolute atomic E-state index is 0.198. The van der Waals surface area contributed by atoms with Crippen LogP contribution in [-0.2, 0) is 0 Å². The Kier molecular flexibility index (Phi) is 4.66. The summed E-state index contributed by atoms with van der Waals surface area (Å²) in [6, 6.07) is 46.4. The highest BCUT2D eigenvalue weighted by atomic mass is 16.3. The molecular weight excluding hydrogens is 569 g/mol. The van der Waals surface area contributed by atoms with E-state index in [1.807, 2.05) is 48.5 Å². The summed E-state index contributed by atoms with van der Waals surface area (Å²) in [5.41, 5.74) is 6.64. The molecule has 47 heavy (non-hydrogen) atoms. The fraction of sp³-hybridized carbons (Fsp3) is 0. The Morgan fingerprint density at radius 1 is 0.383 bits per heavy atom. The van der Waals surface area contributed by atoms with Crippen LogP contribution in [0.2, 0.25) is 0 Å². The van der Waals surface area contributed by atoms with E-state index in [1.165, 1.54) is 21.5 Å². The van der Waals surface area contributed by atoms with Crippen molar-refractivity contribution in [1.29, 1.82) is 0 Å². The van der Waals surface area contributed by atoms with Crippen LogP contribution >= 0.6 is 0 Å². The molecule has 9 aromatic carbocycles. The number of benzene rings is 9. The Hall–Kier alpha value is -6.18. The van der Waals surface area contributed by atoms with Crippen LogP contribution in [0.1, 0.15) is 6.85 Å². The highest BCUT2D eigenvalue weighted by Crippen LogP contribution is 2.47. The predicted octanol–water partition coefficient (Wildman–Crippen LogP) is 13.2. The normalized spacial score (nSPS) is 13.3. The third kappa shape index (κ3) is 3.90. The Labute approximate surface area is 279 Å². The summed E-state index contributed by atoms with van der Waals surface area (Å²) in [4.78, 5) is 0. The van der Waals surface area contributed by atoms with E-state index in [0.717, 1.165) is 65.7 Å².